The van der Waals surface area contributed by atoms with Crippen molar-refractivity contribution in [3.63, 3.8) is 0 Å². The summed E-state index contributed by atoms with van der Waals surface area (Å²) in [6.45, 7) is 0.326. The molecule has 1 aromatic carbocycles. The van der Waals surface area contributed by atoms with Gasteiger partial charge in [-0.05, 0) is 17.5 Å². The van der Waals surface area contributed by atoms with Crippen molar-refractivity contribution in [2.45, 2.75) is 12.5 Å². The highest BCUT2D eigenvalue weighted by Gasteiger charge is 2.04. The fourth-order valence-corrected chi connectivity index (χ4v) is 1.07. The van der Waals surface area contributed by atoms with E-state index in [1.165, 1.54) is 0 Å². The lowest BCUT2D eigenvalue weighted by Crippen LogP contribution is -1.98. The fraction of sp³-hybridized carbons (Fsp3) is 0.333. The van der Waals surface area contributed by atoms with Gasteiger partial charge in [-0.25, -0.2) is 0 Å². The maximum Gasteiger partial charge on any atom is 0.0791 e. The summed E-state index contributed by atoms with van der Waals surface area (Å²) in [5.74, 6) is 0. The summed E-state index contributed by atoms with van der Waals surface area (Å²) in [6, 6.07) is 9.32. The number of nitrogens with zero attached hydrogens (tertiary/aromatic N) is 3. The first-order valence-corrected chi connectivity index (χ1v) is 4.08. The molecule has 1 rings (SSSR count). The third-order valence-corrected chi connectivity index (χ3v) is 1.75. The third-order valence-electron chi connectivity index (χ3n) is 1.75. The smallest absolute Gasteiger partial charge is 0.0791 e. The Bertz CT molecular complexity index is 293. The van der Waals surface area contributed by atoms with Crippen LogP contribution in [0.25, 0.3) is 10.4 Å². The summed E-state index contributed by atoms with van der Waals surface area (Å²) in [6.07, 6.45) is -0.0691. The van der Waals surface area contributed by atoms with Gasteiger partial charge in [-0.15, -0.1) is 0 Å². The molecule has 0 radical (unpaired) electrons. The van der Waals surface area contributed by atoms with Gasteiger partial charge in [-0.1, -0.05) is 35.4 Å². The van der Waals surface area contributed by atoms with Crippen LogP contribution in [0, 0.1) is 0 Å². The van der Waals surface area contributed by atoms with E-state index in [1.54, 1.807) is 0 Å². The van der Waals surface area contributed by atoms with E-state index in [1.807, 2.05) is 30.3 Å². The predicted octanol–water partition coefficient (Wildman–Crippen LogP) is 2.42. The lowest BCUT2D eigenvalue weighted by molar-refractivity contribution is 0.170. The largest absolute Gasteiger partial charge is 0.388 e. The number of aliphatic hydroxyl groups excluding tert-OH is 1. The molecule has 0 bridgehead atoms. The highest BCUT2D eigenvalue weighted by Crippen LogP contribution is 2.15. The minimum Gasteiger partial charge on any atom is -0.388 e. The molecule has 0 spiro atoms. The van der Waals surface area contributed by atoms with Crippen molar-refractivity contribution in [1.82, 2.24) is 0 Å². The summed E-state index contributed by atoms with van der Waals surface area (Å²) >= 11 is 0. The molecule has 1 atom stereocenters. The number of aliphatic hydroxyl groups is 1. The Balaban J connectivity index is 2.48. The molecule has 0 saturated heterocycles. The first-order chi connectivity index (χ1) is 6.34. The van der Waals surface area contributed by atoms with Crippen LogP contribution in [0.5, 0.6) is 0 Å². The van der Waals surface area contributed by atoms with Crippen LogP contribution >= 0.6 is 0 Å². The molecule has 4 nitrogen and oxygen atoms in total. The van der Waals surface area contributed by atoms with Gasteiger partial charge in [0, 0.05) is 11.5 Å². The molecule has 1 N–H and O–H groups in total. The lowest BCUT2D eigenvalue weighted by Gasteiger charge is -2.07. The van der Waals surface area contributed by atoms with Gasteiger partial charge in [0.05, 0.1) is 6.10 Å². The number of hydrogen-bond acceptors (Lipinski definition) is 2. The van der Waals surface area contributed by atoms with Gasteiger partial charge in [0.1, 0.15) is 0 Å². The first kappa shape index (κ1) is 9.58. The standard InChI is InChI=1S/C9H11N3O/c10-12-11-7-6-9(13)8-4-2-1-3-5-8/h1-5,9,13H,6-7H2/t9-/m0/s1. The minimum atomic E-state index is -0.535. The van der Waals surface area contributed by atoms with Crippen molar-refractivity contribution in [2.75, 3.05) is 6.54 Å². The molecule has 0 aliphatic carbocycles. The number of benzene rings is 1. The first-order valence-electron chi connectivity index (χ1n) is 4.08. The quantitative estimate of drug-likeness (QED) is 0.428. The van der Waals surface area contributed by atoms with Crippen LogP contribution in [0.4, 0.5) is 0 Å². The molecular formula is C9H11N3O. The van der Waals surface area contributed by atoms with Crippen molar-refractivity contribution in [2.24, 2.45) is 5.11 Å². The molecule has 0 aliphatic heterocycles. The highest BCUT2D eigenvalue weighted by atomic mass is 16.3. The number of rotatable bonds is 4. The molecule has 13 heavy (non-hydrogen) atoms. The SMILES string of the molecule is [N-]=[N+]=NCC[C@H](O)c1ccccc1. The summed E-state index contributed by atoms with van der Waals surface area (Å²) in [7, 11) is 0. The normalized spacial score (nSPS) is 11.8. The second-order valence-corrected chi connectivity index (χ2v) is 2.67. The molecule has 0 aromatic heterocycles. The maximum atomic E-state index is 9.56. The number of azide groups is 1. The van der Waals surface area contributed by atoms with E-state index < -0.39 is 6.10 Å². The van der Waals surface area contributed by atoms with Gasteiger partial charge in [-0.3, -0.25) is 0 Å². The van der Waals surface area contributed by atoms with E-state index in [0.29, 0.717) is 13.0 Å². The molecule has 4 heteroatoms. The second kappa shape index (κ2) is 5.19. The van der Waals surface area contributed by atoms with E-state index in [4.69, 9.17) is 5.53 Å². The molecule has 0 heterocycles. The van der Waals surface area contributed by atoms with Crippen LogP contribution in [0.3, 0.4) is 0 Å². The van der Waals surface area contributed by atoms with Crippen LogP contribution in [0.15, 0.2) is 35.4 Å². The van der Waals surface area contributed by atoms with Crippen LogP contribution in [0.2, 0.25) is 0 Å². The van der Waals surface area contributed by atoms with Crippen molar-refractivity contribution >= 4 is 0 Å². The molecule has 0 aliphatic rings. The van der Waals surface area contributed by atoms with Gasteiger partial charge < -0.3 is 5.11 Å². The molecular weight excluding hydrogens is 166 g/mol. The monoisotopic (exact) mass is 177 g/mol. The number of hydrogen-bond donors (Lipinski definition) is 1. The lowest BCUT2D eigenvalue weighted by atomic mass is 10.1. The van der Waals surface area contributed by atoms with Crippen LogP contribution in [-0.2, 0) is 0 Å². The molecule has 0 unspecified atom stereocenters. The zero-order valence-electron chi connectivity index (χ0n) is 7.17. The van der Waals surface area contributed by atoms with Gasteiger partial charge in [0.2, 0.25) is 0 Å². The summed E-state index contributed by atoms with van der Waals surface area (Å²) in [5.41, 5.74) is 8.88. The van der Waals surface area contributed by atoms with E-state index in [2.05, 4.69) is 10.0 Å². The minimum absolute atomic E-state index is 0.326. The van der Waals surface area contributed by atoms with Gasteiger partial charge in [0.15, 0.2) is 0 Å². The summed E-state index contributed by atoms with van der Waals surface area (Å²) in [5, 5.41) is 12.9. The van der Waals surface area contributed by atoms with E-state index in [-0.39, 0.29) is 0 Å². The van der Waals surface area contributed by atoms with Crippen LogP contribution in [-0.4, -0.2) is 11.7 Å². The molecule has 0 amide bonds. The van der Waals surface area contributed by atoms with E-state index in [9.17, 15) is 5.11 Å². The predicted molar refractivity (Wildman–Crippen MR) is 50.0 cm³/mol. The Morgan fingerprint density at radius 2 is 2.08 bits per heavy atom. The maximum absolute atomic E-state index is 9.56. The Kier molecular flexibility index (Phi) is 3.82. The van der Waals surface area contributed by atoms with Crippen LogP contribution < -0.4 is 0 Å². The fourth-order valence-electron chi connectivity index (χ4n) is 1.07. The van der Waals surface area contributed by atoms with Crippen molar-refractivity contribution < 1.29 is 5.11 Å². The van der Waals surface area contributed by atoms with Gasteiger partial charge in [-0.2, -0.15) is 0 Å². The van der Waals surface area contributed by atoms with E-state index >= 15 is 0 Å². The van der Waals surface area contributed by atoms with Crippen LogP contribution in [0.1, 0.15) is 18.1 Å². The zero-order chi connectivity index (χ0) is 9.52. The van der Waals surface area contributed by atoms with Gasteiger partial charge >= 0.3 is 0 Å². The molecule has 0 saturated carbocycles. The van der Waals surface area contributed by atoms with Gasteiger partial charge in [0.25, 0.3) is 0 Å². The molecule has 1 aromatic rings. The van der Waals surface area contributed by atoms with Crippen molar-refractivity contribution in [3.8, 4) is 0 Å². The molecule has 0 fully saturated rings. The van der Waals surface area contributed by atoms with E-state index in [0.717, 1.165) is 5.56 Å². The summed E-state index contributed by atoms with van der Waals surface area (Å²) in [4.78, 5) is 2.62. The topological polar surface area (TPSA) is 69.0 Å². The summed E-state index contributed by atoms with van der Waals surface area (Å²) < 4.78 is 0. The second-order valence-electron chi connectivity index (χ2n) is 2.67. The third kappa shape index (κ3) is 3.15. The Morgan fingerprint density at radius 3 is 2.69 bits per heavy atom. The highest BCUT2D eigenvalue weighted by molar-refractivity contribution is 5.17. The Hall–Kier alpha value is -1.51. The van der Waals surface area contributed by atoms with Crippen molar-refractivity contribution in [1.29, 1.82) is 0 Å². The zero-order valence-corrected chi connectivity index (χ0v) is 7.17. The Labute approximate surface area is 76.5 Å². The average molecular weight is 177 g/mol. The van der Waals surface area contributed by atoms with Crippen molar-refractivity contribution in [3.05, 3.63) is 46.3 Å². The Morgan fingerprint density at radius 1 is 1.38 bits per heavy atom. The average Bonchev–Trinajstić information content (AvgIpc) is 2.19. The molecule has 68 valence electrons.